The minimum atomic E-state index is -0.341. The molecule has 38 heavy (non-hydrogen) atoms. The van der Waals surface area contributed by atoms with Crippen LogP contribution in [0, 0.1) is 6.92 Å². The SMILES string of the molecule is Cc1ccc(-n2nc(C(C)(C)C)cc2NC(=O)Nc2ccc(Sc3ccnc(N)c3)c3ccccc23)cc1. The maximum Gasteiger partial charge on any atom is 0.324 e. The number of pyridine rings is 1. The summed E-state index contributed by atoms with van der Waals surface area (Å²) >= 11 is 1.61. The summed E-state index contributed by atoms with van der Waals surface area (Å²) < 4.78 is 1.78. The lowest BCUT2D eigenvalue weighted by atomic mass is 9.92. The number of aromatic nitrogens is 3. The highest BCUT2D eigenvalue weighted by atomic mass is 32.2. The molecule has 5 rings (SSSR count). The summed E-state index contributed by atoms with van der Waals surface area (Å²) in [5.74, 6) is 1.08. The van der Waals surface area contributed by atoms with Gasteiger partial charge in [-0.2, -0.15) is 5.10 Å². The lowest BCUT2D eigenvalue weighted by Gasteiger charge is -2.14. The number of hydrogen-bond acceptors (Lipinski definition) is 5. The van der Waals surface area contributed by atoms with Crippen molar-refractivity contribution in [2.24, 2.45) is 0 Å². The zero-order valence-electron chi connectivity index (χ0n) is 21.8. The van der Waals surface area contributed by atoms with E-state index in [1.54, 1.807) is 22.6 Å². The number of rotatable bonds is 5. The highest BCUT2D eigenvalue weighted by molar-refractivity contribution is 7.99. The number of urea groups is 1. The number of benzene rings is 3. The monoisotopic (exact) mass is 522 g/mol. The van der Waals surface area contributed by atoms with E-state index in [1.807, 2.05) is 85.8 Å². The maximum atomic E-state index is 13.2. The van der Waals surface area contributed by atoms with E-state index in [4.69, 9.17) is 10.8 Å². The molecule has 0 saturated carbocycles. The minimum Gasteiger partial charge on any atom is -0.384 e. The summed E-state index contributed by atoms with van der Waals surface area (Å²) in [4.78, 5) is 19.4. The Morgan fingerprint density at radius 1 is 0.921 bits per heavy atom. The third kappa shape index (κ3) is 5.50. The molecule has 0 spiro atoms. The van der Waals surface area contributed by atoms with Gasteiger partial charge in [-0.3, -0.25) is 5.32 Å². The van der Waals surface area contributed by atoms with Crippen molar-refractivity contribution in [1.29, 1.82) is 0 Å². The number of hydrogen-bond donors (Lipinski definition) is 3. The second-order valence-corrected chi connectivity index (χ2v) is 11.3. The van der Waals surface area contributed by atoms with Gasteiger partial charge in [0.2, 0.25) is 0 Å². The van der Waals surface area contributed by atoms with E-state index in [-0.39, 0.29) is 11.4 Å². The summed E-state index contributed by atoms with van der Waals surface area (Å²) in [5, 5.41) is 12.8. The first kappa shape index (κ1) is 25.4. The number of carbonyl (C=O) groups is 1. The first-order valence-electron chi connectivity index (χ1n) is 12.3. The molecule has 3 aromatic carbocycles. The summed E-state index contributed by atoms with van der Waals surface area (Å²) in [7, 11) is 0. The Balaban J connectivity index is 1.43. The van der Waals surface area contributed by atoms with Crippen LogP contribution >= 0.6 is 11.8 Å². The van der Waals surface area contributed by atoms with Crippen molar-refractivity contribution in [2.75, 3.05) is 16.4 Å². The minimum absolute atomic E-state index is 0.175. The van der Waals surface area contributed by atoms with E-state index in [1.165, 1.54) is 0 Å². The van der Waals surface area contributed by atoms with Crippen LogP contribution in [-0.2, 0) is 5.41 Å². The maximum absolute atomic E-state index is 13.2. The summed E-state index contributed by atoms with van der Waals surface area (Å²) in [6.45, 7) is 8.35. The molecular formula is C30H30N6OS. The van der Waals surface area contributed by atoms with Crippen LogP contribution in [-0.4, -0.2) is 20.8 Å². The summed E-state index contributed by atoms with van der Waals surface area (Å²) in [6, 6.07) is 25.4. The molecule has 0 radical (unpaired) electrons. The quantitative estimate of drug-likeness (QED) is 0.223. The van der Waals surface area contributed by atoms with Gasteiger partial charge in [-0.25, -0.2) is 14.5 Å². The van der Waals surface area contributed by atoms with Gasteiger partial charge in [0.05, 0.1) is 17.1 Å². The lowest BCUT2D eigenvalue weighted by Crippen LogP contribution is -2.21. The fraction of sp³-hybridized carbons (Fsp3) is 0.167. The Kier molecular flexibility index (Phi) is 6.82. The van der Waals surface area contributed by atoms with Gasteiger partial charge in [0.25, 0.3) is 0 Å². The van der Waals surface area contributed by atoms with Crippen LogP contribution in [0.1, 0.15) is 32.0 Å². The Hall–Kier alpha value is -4.30. The molecule has 0 saturated heterocycles. The molecule has 0 aliphatic rings. The first-order chi connectivity index (χ1) is 18.2. The molecule has 5 aromatic rings. The van der Waals surface area contributed by atoms with Gasteiger partial charge in [-0.05, 0) is 48.7 Å². The molecule has 2 amide bonds. The van der Waals surface area contributed by atoms with Crippen molar-refractivity contribution in [2.45, 2.75) is 42.9 Å². The average molecular weight is 523 g/mol. The van der Waals surface area contributed by atoms with Gasteiger partial charge in [-0.1, -0.05) is 74.5 Å². The number of amides is 2. The number of aryl methyl sites for hydroxylation is 1. The van der Waals surface area contributed by atoms with E-state index < -0.39 is 0 Å². The number of anilines is 3. The van der Waals surface area contributed by atoms with Crippen LogP contribution < -0.4 is 16.4 Å². The Bertz CT molecular complexity index is 1620. The van der Waals surface area contributed by atoms with Crippen molar-refractivity contribution in [3.63, 3.8) is 0 Å². The fourth-order valence-electron chi connectivity index (χ4n) is 4.08. The number of nitrogens with zero attached hydrogens (tertiary/aromatic N) is 3. The molecule has 0 unspecified atom stereocenters. The molecule has 7 nitrogen and oxygen atoms in total. The normalized spacial score (nSPS) is 11.5. The van der Waals surface area contributed by atoms with Gasteiger partial charge in [0.1, 0.15) is 11.6 Å². The molecule has 4 N–H and O–H groups in total. The average Bonchev–Trinajstić information content (AvgIpc) is 3.30. The Labute approximate surface area is 226 Å². The van der Waals surface area contributed by atoms with Crippen LogP contribution in [0.4, 0.5) is 22.1 Å². The summed E-state index contributed by atoms with van der Waals surface area (Å²) in [5.41, 5.74) is 9.33. The largest absolute Gasteiger partial charge is 0.384 e. The third-order valence-corrected chi connectivity index (χ3v) is 7.18. The van der Waals surface area contributed by atoms with E-state index >= 15 is 0 Å². The molecule has 0 bridgehead atoms. The molecule has 0 atom stereocenters. The van der Waals surface area contributed by atoms with Crippen molar-refractivity contribution < 1.29 is 4.79 Å². The Morgan fingerprint density at radius 3 is 2.37 bits per heavy atom. The molecule has 192 valence electrons. The lowest BCUT2D eigenvalue weighted by molar-refractivity contribution is 0.262. The number of nitrogens with two attached hydrogens (primary N) is 1. The molecule has 0 fully saturated rings. The number of nitrogens with one attached hydrogen (secondary N) is 2. The van der Waals surface area contributed by atoms with Crippen molar-refractivity contribution in [1.82, 2.24) is 14.8 Å². The van der Waals surface area contributed by atoms with E-state index in [0.717, 1.165) is 37.5 Å². The van der Waals surface area contributed by atoms with Crippen LogP contribution in [0.5, 0.6) is 0 Å². The Morgan fingerprint density at radius 2 is 1.66 bits per heavy atom. The topological polar surface area (TPSA) is 97.9 Å². The van der Waals surface area contributed by atoms with Gasteiger partial charge < -0.3 is 11.1 Å². The van der Waals surface area contributed by atoms with E-state index in [2.05, 4.69) is 36.4 Å². The number of fused-ring (bicyclic) bond motifs is 1. The van der Waals surface area contributed by atoms with E-state index in [9.17, 15) is 4.79 Å². The predicted molar refractivity (Wildman–Crippen MR) is 156 cm³/mol. The fourth-order valence-corrected chi connectivity index (χ4v) is 5.06. The van der Waals surface area contributed by atoms with Crippen molar-refractivity contribution in [3.8, 4) is 5.69 Å². The van der Waals surface area contributed by atoms with Crippen molar-refractivity contribution >= 4 is 45.9 Å². The standard InChI is InChI=1S/C30H30N6OS/c1-19-9-11-20(12-10-19)36-28(18-26(35-36)30(2,3)4)34-29(37)33-24-13-14-25(23-8-6-5-7-22(23)24)38-21-15-16-32-27(31)17-21/h5-18H,1-4H3,(H2,31,32)(H2,33,34,37). The third-order valence-electron chi connectivity index (χ3n) is 6.11. The molecule has 0 aliphatic carbocycles. The van der Waals surface area contributed by atoms with Crippen LogP contribution in [0.2, 0.25) is 0 Å². The zero-order valence-corrected chi connectivity index (χ0v) is 22.6. The second-order valence-electron chi connectivity index (χ2n) is 10.2. The molecule has 2 heterocycles. The van der Waals surface area contributed by atoms with Crippen LogP contribution in [0.25, 0.3) is 16.5 Å². The van der Waals surface area contributed by atoms with Gasteiger partial charge in [-0.15, -0.1) is 0 Å². The molecular weight excluding hydrogens is 492 g/mol. The molecule has 2 aromatic heterocycles. The second kappa shape index (κ2) is 10.2. The van der Waals surface area contributed by atoms with Crippen LogP contribution in [0.3, 0.4) is 0 Å². The molecule has 0 aliphatic heterocycles. The summed E-state index contributed by atoms with van der Waals surface area (Å²) in [6.07, 6.45) is 1.70. The van der Waals surface area contributed by atoms with Crippen molar-refractivity contribution in [3.05, 3.63) is 96.3 Å². The van der Waals surface area contributed by atoms with Crippen LogP contribution in [0.15, 0.2) is 94.9 Å². The predicted octanol–water partition coefficient (Wildman–Crippen LogP) is 7.40. The molecule has 8 heteroatoms. The zero-order chi connectivity index (χ0) is 26.9. The highest BCUT2D eigenvalue weighted by Gasteiger charge is 2.22. The smallest absolute Gasteiger partial charge is 0.324 e. The first-order valence-corrected chi connectivity index (χ1v) is 13.2. The highest BCUT2D eigenvalue weighted by Crippen LogP contribution is 2.37. The van der Waals surface area contributed by atoms with Gasteiger partial charge in [0, 0.05) is 32.9 Å². The van der Waals surface area contributed by atoms with Gasteiger partial charge >= 0.3 is 6.03 Å². The van der Waals surface area contributed by atoms with E-state index in [0.29, 0.717) is 17.3 Å². The number of carbonyl (C=O) groups excluding carboxylic acids is 1. The number of nitrogen functional groups attached to an aromatic ring is 1. The van der Waals surface area contributed by atoms with Gasteiger partial charge in [0.15, 0.2) is 0 Å².